The molecule has 2 rings (SSSR count). The average Bonchev–Trinajstić information content (AvgIpc) is 2.43. The van der Waals surface area contributed by atoms with Crippen LogP contribution in [0.4, 0.5) is 28.0 Å². The lowest BCUT2D eigenvalue weighted by Crippen LogP contribution is -2.35. The summed E-state index contributed by atoms with van der Waals surface area (Å²) in [6.07, 6.45) is 0. The van der Waals surface area contributed by atoms with Crippen molar-refractivity contribution in [1.29, 1.82) is 0 Å². The summed E-state index contributed by atoms with van der Waals surface area (Å²) < 4.78 is 53.1. The van der Waals surface area contributed by atoms with Crippen molar-refractivity contribution in [3.63, 3.8) is 0 Å². The van der Waals surface area contributed by atoms with Crippen molar-refractivity contribution in [2.75, 3.05) is 5.32 Å². The van der Waals surface area contributed by atoms with Gasteiger partial charge in [-0.05, 0) is 18.2 Å². The van der Waals surface area contributed by atoms with E-state index in [9.17, 15) is 27.2 Å². The normalized spacial score (nSPS) is 10.3. The van der Waals surface area contributed by atoms with Crippen molar-refractivity contribution in [1.82, 2.24) is 5.32 Å². The van der Waals surface area contributed by atoms with E-state index >= 15 is 0 Å². The lowest BCUT2D eigenvalue weighted by atomic mass is 10.2. The van der Waals surface area contributed by atoms with Gasteiger partial charge in [-0.3, -0.25) is 10.1 Å². The molecule has 0 heterocycles. The van der Waals surface area contributed by atoms with Gasteiger partial charge in [-0.15, -0.1) is 0 Å². The molecule has 0 atom stereocenters. The van der Waals surface area contributed by atoms with Gasteiger partial charge in [0.05, 0.1) is 5.69 Å². The first kappa shape index (κ1) is 16.8. The van der Waals surface area contributed by atoms with Crippen LogP contribution < -0.4 is 10.6 Å². The van der Waals surface area contributed by atoms with Crippen LogP contribution in [0.15, 0.2) is 30.3 Å². The van der Waals surface area contributed by atoms with E-state index in [2.05, 4.69) is 0 Å². The molecule has 0 aliphatic rings. The fraction of sp³-hybridized carbons (Fsp3) is 0. The Morgan fingerprint density at radius 2 is 1.57 bits per heavy atom. The standard InChI is InChI=1S/C14H7ClF4N2O2/c15-12-9(19)4-6(16)5-10(12)20-14(23)21-13(22)11-7(17)2-1-3-8(11)18/h1-5H,(H2,20,21,22,23). The summed E-state index contributed by atoms with van der Waals surface area (Å²) >= 11 is 5.52. The van der Waals surface area contributed by atoms with Crippen LogP contribution in [0.3, 0.4) is 0 Å². The molecule has 9 heteroatoms. The van der Waals surface area contributed by atoms with Gasteiger partial charge in [-0.1, -0.05) is 17.7 Å². The maximum atomic E-state index is 13.4. The van der Waals surface area contributed by atoms with E-state index in [1.165, 1.54) is 0 Å². The number of carbonyl (C=O) groups is 2. The lowest BCUT2D eigenvalue weighted by molar-refractivity contribution is 0.0959. The molecule has 4 nitrogen and oxygen atoms in total. The van der Waals surface area contributed by atoms with Crippen molar-refractivity contribution in [3.8, 4) is 0 Å². The molecule has 2 N–H and O–H groups in total. The summed E-state index contributed by atoms with van der Waals surface area (Å²) in [7, 11) is 0. The number of anilines is 1. The number of amides is 3. The van der Waals surface area contributed by atoms with E-state index in [1.54, 1.807) is 5.32 Å². The number of urea groups is 1. The van der Waals surface area contributed by atoms with Crippen LogP contribution in [0, 0.1) is 23.3 Å². The molecular weight excluding hydrogens is 340 g/mol. The van der Waals surface area contributed by atoms with Crippen LogP contribution in [0.2, 0.25) is 5.02 Å². The Morgan fingerprint density at radius 1 is 0.957 bits per heavy atom. The Labute approximate surface area is 132 Å². The predicted molar refractivity (Wildman–Crippen MR) is 74.2 cm³/mol. The van der Waals surface area contributed by atoms with Crippen LogP contribution in [0.5, 0.6) is 0 Å². The van der Waals surface area contributed by atoms with E-state index in [0.29, 0.717) is 12.1 Å². The molecule has 0 saturated heterocycles. The van der Waals surface area contributed by atoms with Gasteiger partial charge in [0, 0.05) is 6.07 Å². The van der Waals surface area contributed by atoms with Crippen LogP contribution in [0.25, 0.3) is 0 Å². The van der Waals surface area contributed by atoms with Crippen molar-refractivity contribution >= 4 is 29.2 Å². The highest BCUT2D eigenvalue weighted by Crippen LogP contribution is 2.26. The highest BCUT2D eigenvalue weighted by molar-refractivity contribution is 6.34. The topological polar surface area (TPSA) is 58.2 Å². The molecule has 0 unspecified atom stereocenters. The van der Waals surface area contributed by atoms with Crippen LogP contribution >= 0.6 is 11.6 Å². The van der Waals surface area contributed by atoms with E-state index in [0.717, 1.165) is 18.2 Å². The molecule has 23 heavy (non-hydrogen) atoms. The van der Waals surface area contributed by atoms with Gasteiger partial charge in [-0.25, -0.2) is 22.4 Å². The first-order valence-electron chi connectivity index (χ1n) is 6.00. The maximum absolute atomic E-state index is 13.4. The quantitative estimate of drug-likeness (QED) is 0.641. The Kier molecular flexibility index (Phi) is 4.85. The molecule has 3 amide bonds. The summed E-state index contributed by atoms with van der Waals surface area (Å²) in [6, 6.07) is 2.62. The molecule has 0 aliphatic heterocycles. The number of imide groups is 1. The number of carbonyl (C=O) groups excluding carboxylic acids is 2. The molecule has 0 radical (unpaired) electrons. The zero-order valence-electron chi connectivity index (χ0n) is 11.1. The lowest BCUT2D eigenvalue weighted by Gasteiger charge is -2.09. The fourth-order valence-corrected chi connectivity index (χ4v) is 1.84. The highest BCUT2D eigenvalue weighted by Gasteiger charge is 2.20. The Balaban J connectivity index is 2.16. The van der Waals surface area contributed by atoms with Crippen molar-refractivity contribution in [2.45, 2.75) is 0 Å². The van der Waals surface area contributed by atoms with Gasteiger partial charge in [0.15, 0.2) is 0 Å². The first-order valence-corrected chi connectivity index (χ1v) is 6.38. The third kappa shape index (κ3) is 3.78. The predicted octanol–water partition coefficient (Wildman–Crippen LogP) is 3.86. The second-order valence-corrected chi connectivity index (χ2v) is 4.63. The number of rotatable bonds is 2. The summed E-state index contributed by atoms with van der Waals surface area (Å²) in [5, 5.41) is 2.93. The maximum Gasteiger partial charge on any atom is 0.326 e. The van der Waals surface area contributed by atoms with Crippen LogP contribution in [-0.2, 0) is 0 Å². The smallest absolute Gasteiger partial charge is 0.306 e. The fourth-order valence-electron chi connectivity index (χ4n) is 1.68. The third-order valence-electron chi connectivity index (χ3n) is 2.66. The minimum atomic E-state index is -1.37. The average molecular weight is 347 g/mol. The summed E-state index contributed by atoms with van der Waals surface area (Å²) in [5.74, 6) is -5.87. The molecule has 120 valence electrons. The van der Waals surface area contributed by atoms with Gasteiger partial charge in [0.1, 0.15) is 33.9 Å². The molecule has 2 aromatic rings. The molecule has 0 spiro atoms. The molecular formula is C14H7ClF4N2O2. The van der Waals surface area contributed by atoms with Gasteiger partial charge in [-0.2, -0.15) is 0 Å². The Hall–Kier alpha value is -2.61. The zero-order chi connectivity index (χ0) is 17.1. The summed E-state index contributed by atoms with van der Waals surface area (Å²) in [4.78, 5) is 23.3. The number of hydrogen-bond donors (Lipinski definition) is 2. The Bertz CT molecular complexity index is 778. The molecule has 0 bridgehead atoms. The van der Waals surface area contributed by atoms with Gasteiger partial charge in [0.25, 0.3) is 5.91 Å². The van der Waals surface area contributed by atoms with Gasteiger partial charge >= 0.3 is 6.03 Å². The second-order valence-electron chi connectivity index (χ2n) is 4.25. The largest absolute Gasteiger partial charge is 0.326 e. The van der Waals surface area contributed by atoms with Crippen molar-refractivity contribution < 1.29 is 27.2 Å². The highest BCUT2D eigenvalue weighted by atomic mass is 35.5. The van der Waals surface area contributed by atoms with E-state index in [1.807, 2.05) is 5.32 Å². The molecule has 0 saturated carbocycles. The number of halogens is 5. The first-order chi connectivity index (χ1) is 10.8. The zero-order valence-corrected chi connectivity index (χ0v) is 11.8. The third-order valence-corrected chi connectivity index (χ3v) is 3.04. The Morgan fingerprint density at radius 3 is 2.17 bits per heavy atom. The molecule has 0 aromatic heterocycles. The number of hydrogen-bond acceptors (Lipinski definition) is 2. The van der Waals surface area contributed by atoms with Gasteiger partial charge < -0.3 is 5.32 Å². The van der Waals surface area contributed by atoms with Crippen molar-refractivity contribution in [3.05, 3.63) is 64.2 Å². The SMILES string of the molecule is O=C(NC(=O)c1c(F)cccc1F)Nc1cc(F)cc(F)c1Cl. The molecule has 0 aliphatic carbocycles. The van der Waals surface area contributed by atoms with E-state index in [4.69, 9.17) is 11.6 Å². The minimum absolute atomic E-state index is 0.455. The number of nitrogens with one attached hydrogen (secondary N) is 2. The number of benzene rings is 2. The summed E-state index contributed by atoms with van der Waals surface area (Å²) in [6.45, 7) is 0. The van der Waals surface area contributed by atoms with Crippen LogP contribution in [0.1, 0.15) is 10.4 Å². The minimum Gasteiger partial charge on any atom is -0.306 e. The molecule has 0 fully saturated rings. The second kappa shape index (κ2) is 6.66. The van der Waals surface area contributed by atoms with Crippen molar-refractivity contribution in [2.24, 2.45) is 0 Å². The van der Waals surface area contributed by atoms with E-state index < -0.39 is 51.5 Å². The van der Waals surface area contributed by atoms with Gasteiger partial charge in [0.2, 0.25) is 0 Å². The molecule has 2 aromatic carbocycles. The monoisotopic (exact) mass is 346 g/mol. The van der Waals surface area contributed by atoms with Crippen LogP contribution in [-0.4, -0.2) is 11.9 Å². The van der Waals surface area contributed by atoms with E-state index in [-0.39, 0.29) is 0 Å². The summed E-state index contributed by atoms with van der Waals surface area (Å²) in [5.41, 5.74) is -1.43.